The standard InChI is InChI=1S/C21H17ClF3N3O2/c22-14-7-5-12(6-8-14)17-16-18(27-10-2-9-26(17)27)20(30)28(19(16)29)15-4-1-3-13(11-15)21(23,24)25/h1,3-8,11,16-18H,2,9-10H2/t16-,17+,18-/m0/s1. The Bertz CT molecular complexity index is 1030. The number of rotatable bonds is 2. The number of fused-ring (bicyclic) bond motifs is 3. The van der Waals surface area contributed by atoms with Crippen LogP contribution in [0.2, 0.25) is 5.02 Å². The molecule has 3 fully saturated rings. The van der Waals surface area contributed by atoms with Crippen molar-refractivity contribution in [1.29, 1.82) is 0 Å². The van der Waals surface area contributed by atoms with Gasteiger partial charge in [-0.25, -0.2) is 14.9 Å². The first kappa shape index (κ1) is 19.5. The minimum absolute atomic E-state index is 0.0465. The molecule has 0 radical (unpaired) electrons. The summed E-state index contributed by atoms with van der Waals surface area (Å²) in [7, 11) is 0. The lowest BCUT2D eigenvalue weighted by atomic mass is 9.90. The molecule has 3 heterocycles. The first-order valence-corrected chi connectivity index (χ1v) is 9.99. The zero-order chi connectivity index (χ0) is 21.2. The van der Waals surface area contributed by atoms with Crippen LogP contribution in [-0.2, 0) is 15.8 Å². The number of benzene rings is 2. The maximum Gasteiger partial charge on any atom is 0.416 e. The molecule has 0 bridgehead atoms. The van der Waals surface area contributed by atoms with Gasteiger partial charge in [0, 0.05) is 18.1 Å². The molecule has 3 aliphatic rings. The zero-order valence-corrected chi connectivity index (χ0v) is 16.4. The van der Waals surface area contributed by atoms with Crippen molar-refractivity contribution in [3.05, 3.63) is 64.7 Å². The molecule has 5 nitrogen and oxygen atoms in total. The molecule has 0 aliphatic carbocycles. The maximum atomic E-state index is 13.4. The van der Waals surface area contributed by atoms with Crippen molar-refractivity contribution in [2.75, 3.05) is 18.0 Å². The van der Waals surface area contributed by atoms with E-state index in [0.29, 0.717) is 18.1 Å². The van der Waals surface area contributed by atoms with Crippen LogP contribution in [0.25, 0.3) is 0 Å². The number of carbonyl (C=O) groups is 2. The van der Waals surface area contributed by atoms with E-state index in [1.165, 1.54) is 12.1 Å². The van der Waals surface area contributed by atoms with E-state index >= 15 is 0 Å². The summed E-state index contributed by atoms with van der Waals surface area (Å²) in [4.78, 5) is 27.6. The van der Waals surface area contributed by atoms with Crippen molar-refractivity contribution in [3.63, 3.8) is 0 Å². The Hall–Kier alpha value is -2.42. The number of alkyl halides is 3. The smallest absolute Gasteiger partial charge is 0.274 e. The average molecular weight is 436 g/mol. The molecule has 3 saturated heterocycles. The van der Waals surface area contributed by atoms with Crippen molar-refractivity contribution in [2.24, 2.45) is 5.92 Å². The normalized spacial score (nSPS) is 27.1. The van der Waals surface area contributed by atoms with Crippen LogP contribution in [0.5, 0.6) is 0 Å². The fourth-order valence-corrected chi connectivity index (χ4v) is 4.98. The summed E-state index contributed by atoms with van der Waals surface area (Å²) in [6.07, 6.45) is -3.71. The fourth-order valence-electron chi connectivity index (χ4n) is 4.85. The second-order valence-electron chi connectivity index (χ2n) is 7.71. The van der Waals surface area contributed by atoms with Gasteiger partial charge in [-0.05, 0) is 42.3 Å². The van der Waals surface area contributed by atoms with Crippen molar-refractivity contribution in [1.82, 2.24) is 10.0 Å². The molecule has 30 heavy (non-hydrogen) atoms. The number of carbonyl (C=O) groups excluding carboxylic acids is 2. The van der Waals surface area contributed by atoms with Crippen LogP contribution in [0.3, 0.4) is 0 Å². The minimum Gasteiger partial charge on any atom is -0.274 e. The van der Waals surface area contributed by atoms with Crippen LogP contribution in [0.4, 0.5) is 18.9 Å². The quantitative estimate of drug-likeness (QED) is 0.671. The van der Waals surface area contributed by atoms with Crippen LogP contribution in [0, 0.1) is 5.92 Å². The molecular weight excluding hydrogens is 419 g/mol. The van der Waals surface area contributed by atoms with Crippen molar-refractivity contribution in [2.45, 2.75) is 24.7 Å². The van der Waals surface area contributed by atoms with Gasteiger partial charge in [0.25, 0.3) is 5.91 Å². The van der Waals surface area contributed by atoms with E-state index in [1.807, 2.05) is 22.2 Å². The molecule has 2 aromatic rings. The molecule has 0 unspecified atom stereocenters. The van der Waals surface area contributed by atoms with E-state index < -0.39 is 35.5 Å². The Morgan fingerprint density at radius 2 is 1.57 bits per heavy atom. The van der Waals surface area contributed by atoms with E-state index in [4.69, 9.17) is 11.6 Å². The number of hydrazine groups is 1. The summed E-state index contributed by atoms with van der Waals surface area (Å²) in [5.74, 6) is -1.64. The van der Waals surface area contributed by atoms with E-state index in [2.05, 4.69) is 0 Å². The number of hydrogen-bond acceptors (Lipinski definition) is 4. The second kappa shape index (κ2) is 6.80. The van der Waals surface area contributed by atoms with E-state index in [-0.39, 0.29) is 11.7 Å². The lowest BCUT2D eigenvalue weighted by molar-refractivity contribution is -0.137. The monoisotopic (exact) mass is 435 g/mol. The summed E-state index contributed by atoms with van der Waals surface area (Å²) in [6, 6.07) is 10.4. The van der Waals surface area contributed by atoms with Crippen molar-refractivity contribution < 1.29 is 22.8 Å². The number of imide groups is 1. The molecule has 3 aliphatic heterocycles. The molecule has 2 aromatic carbocycles. The Kier molecular flexibility index (Phi) is 4.43. The first-order valence-electron chi connectivity index (χ1n) is 9.61. The number of hydrogen-bond donors (Lipinski definition) is 0. The summed E-state index contributed by atoms with van der Waals surface area (Å²) in [5, 5.41) is 4.50. The topological polar surface area (TPSA) is 43.9 Å². The minimum atomic E-state index is -4.56. The number of anilines is 1. The summed E-state index contributed by atoms with van der Waals surface area (Å²) >= 11 is 6.00. The van der Waals surface area contributed by atoms with E-state index in [0.717, 1.165) is 29.0 Å². The number of nitrogens with zero attached hydrogens (tertiary/aromatic N) is 3. The Balaban J connectivity index is 1.56. The molecule has 9 heteroatoms. The van der Waals surface area contributed by atoms with Crippen LogP contribution >= 0.6 is 11.6 Å². The highest BCUT2D eigenvalue weighted by atomic mass is 35.5. The van der Waals surface area contributed by atoms with Gasteiger partial charge in [0.1, 0.15) is 6.04 Å². The predicted octanol–water partition coefficient (Wildman–Crippen LogP) is 3.89. The SMILES string of the molecule is O=C1[C@@H]2[C@@H](C(=O)N1c1cccc(C(F)(F)F)c1)N1CCCN1[C@@H]2c1ccc(Cl)cc1. The molecule has 0 aromatic heterocycles. The van der Waals surface area contributed by atoms with Crippen molar-refractivity contribution >= 4 is 29.1 Å². The molecule has 0 N–H and O–H groups in total. The van der Waals surface area contributed by atoms with Gasteiger partial charge in [-0.1, -0.05) is 29.8 Å². The Labute approximate surface area is 175 Å². The molecule has 0 spiro atoms. The van der Waals surface area contributed by atoms with Gasteiger partial charge in [0.15, 0.2) is 0 Å². The molecule has 2 amide bonds. The van der Waals surface area contributed by atoms with Gasteiger partial charge < -0.3 is 0 Å². The van der Waals surface area contributed by atoms with Crippen molar-refractivity contribution in [3.8, 4) is 0 Å². The zero-order valence-electron chi connectivity index (χ0n) is 15.6. The summed E-state index contributed by atoms with van der Waals surface area (Å²) in [5.41, 5.74) is -0.0876. The third kappa shape index (κ3) is 2.85. The number of halogens is 4. The molecular formula is C21H17ClF3N3O2. The molecule has 5 rings (SSSR count). The van der Waals surface area contributed by atoms with Crippen LogP contribution in [0.1, 0.15) is 23.6 Å². The second-order valence-corrected chi connectivity index (χ2v) is 8.14. The lowest BCUT2D eigenvalue weighted by Gasteiger charge is -2.30. The third-order valence-electron chi connectivity index (χ3n) is 6.05. The van der Waals surface area contributed by atoms with E-state index in [9.17, 15) is 22.8 Å². The fraction of sp³-hybridized carbons (Fsp3) is 0.333. The Morgan fingerprint density at radius 1 is 0.900 bits per heavy atom. The largest absolute Gasteiger partial charge is 0.416 e. The number of amides is 2. The highest BCUT2D eigenvalue weighted by molar-refractivity contribution is 6.30. The highest BCUT2D eigenvalue weighted by Crippen LogP contribution is 2.49. The van der Waals surface area contributed by atoms with Gasteiger partial charge in [-0.2, -0.15) is 13.2 Å². The maximum absolute atomic E-state index is 13.4. The molecule has 156 valence electrons. The Morgan fingerprint density at radius 3 is 2.23 bits per heavy atom. The van der Waals surface area contributed by atoms with E-state index in [1.54, 1.807) is 12.1 Å². The first-order chi connectivity index (χ1) is 14.3. The van der Waals surface area contributed by atoms with Gasteiger partial charge >= 0.3 is 6.18 Å². The highest BCUT2D eigenvalue weighted by Gasteiger charge is 2.62. The summed E-state index contributed by atoms with van der Waals surface area (Å²) in [6.45, 7) is 1.34. The molecule has 0 saturated carbocycles. The lowest BCUT2D eigenvalue weighted by Crippen LogP contribution is -2.44. The van der Waals surface area contributed by atoms with Gasteiger partial charge in [-0.3, -0.25) is 9.59 Å². The van der Waals surface area contributed by atoms with Crippen LogP contribution in [-0.4, -0.2) is 41.0 Å². The predicted molar refractivity (Wildman–Crippen MR) is 103 cm³/mol. The molecule has 3 atom stereocenters. The van der Waals surface area contributed by atoms with Gasteiger partial charge in [-0.15, -0.1) is 0 Å². The average Bonchev–Trinajstić information content (AvgIpc) is 3.34. The van der Waals surface area contributed by atoms with Gasteiger partial charge in [0.05, 0.1) is 23.2 Å². The third-order valence-corrected chi connectivity index (χ3v) is 6.30. The van der Waals surface area contributed by atoms with Crippen LogP contribution in [0.15, 0.2) is 48.5 Å². The van der Waals surface area contributed by atoms with Crippen LogP contribution < -0.4 is 4.90 Å². The van der Waals surface area contributed by atoms with Gasteiger partial charge in [0.2, 0.25) is 5.91 Å². The summed E-state index contributed by atoms with van der Waals surface area (Å²) < 4.78 is 39.5.